The molecule has 17 heavy (non-hydrogen) atoms. The van der Waals surface area contributed by atoms with Crippen LogP contribution < -0.4 is 10.9 Å². The van der Waals surface area contributed by atoms with Crippen LogP contribution in [0.25, 0.3) is 0 Å². The zero-order valence-electron chi connectivity index (χ0n) is 9.70. The Morgan fingerprint density at radius 2 is 2.00 bits per heavy atom. The summed E-state index contributed by atoms with van der Waals surface area (Å²) in [5.74, 6) is -1.89. The minimum absolute atomic E-state index is 0.106. The molecule has 0 aliphatic carbocycles. The van der Waals surface area contributed by atoms with Crippen LogP contribution in [-0.4, -0.2) is 33.2 Å². The first-order valence-corrected chi connectivity index (χ1v) is 4.94. The van der Waals surface area contributed by atoms with Gasteiger partial charge in [-0.15, -0.1) is 0 Å². The summed E-state index contributed by atoms with van der Waals surface area (Å²) in [6, 6.07) is -1.06. The fourth-order valence-corrected chi connectivity index (χ4v) is 1.23. The van der Waals surface area contributed by atoms with Crippen molar-refractivity contribution in [3.05, 3.63) is 27.2 Å². The Hall–Kier alpha value is -2.18. The molecular formula is C10H13N3O4. The minimum Gasteiger partial charge on any atom is -0.480 e. The van der Waals surface area contributed by atoms with Crippen LogP contribution >= 0.6 is 0 Å². The summed E-state index contributed by atoms with van der Waals surface area (Å²) in [4.78, 5) is 33.8. The van der Waals surface area contributed by atoms with E-state index in [9.17, 15) is 14.4 Å². The van der Waals surface area contributed by atoms with E-state index >= 15 is 0 Å². The summed E-state index contributed by atoms with van der Waals surface area (Å²) in [7, 11) is 0. The van der Waals surface area contributed by atoms with E-state index in [4.69, 9.17) is 5.11 Å². The van der Waals surface area contributed by atoms with Crippen LogP contribution in [0.4, 0.5) is 0 Å². The van der Waals surface area contributed by atoms with Gasteiger partial charge >= 0.3 is 5.97 Å². The number of carbonyl (C=O) groups excluding carboxylic acids is 1. The van der Waals surface area contributed by atoms with E-state index in [1.807, 2.05) is 0 Å². The number of amides is 1. The van der Waals surface area contributed by atoms with Gasteiger partial charge in [0.25, 0.3) is 11.5 Å². The first-order valence-electron chi connectivity index (χ1n) is 4.94. The maximum absolute atomic E-state index is 11.7. The number of hydrogen-bond acceptors (Lipinski definition) is 4. The highest BCUT2D eigenvalue weighted by molar-refractivity contribution is 5.97. The Labute approximate surface area is 96.9 Å². The fraction of sp³-hybridized carbons (Fsp3) is 0.400. The highest BCUT2D eigenvalue weighted by atomic mass is 16.4. The van der Waals surface area contributed by atoms with E-state index in [-0.39, 0.29) is 5.56 Å². The highest BCUT2D eigenvalue weighted by Gasteiger charge is 2.20. The van der Waals surface area contributed by atoms with E-state index < -0.39 is 23.5 Å². The molecule has 1 atom stereocenters. The molecule has 7 nitrogen and oxygen atoms in total. The van der Waals surface area contributed by atoms with E-state index in [1.54, 1.807) is 13.8 Å². The minimum atomic E-state index is -1.17. The molecule has 0 bridgehead atoms. The standard InChI is InChI=1S/C10H13N3O4/c1-4-5(2)12-13-9(15)7(4)8(14)11-6(3)10(16)17/h6H,1-3H3,(H,11,14)(H,13,15)(H,16,17)/t6-/m1/s1. The molecule has 0 spiro atoms. The number of rotatable bonds is 3. The first kappa shape index (κ1) is 12.9. The summed E-state index contributed by atoms with van der Waals surface area (Å²) >= 11 is 0. The molecule has 0 radical (unpaired) electrons. The second kappa shape index (κ2) is 4.77. The van der Waals surface area contributed by atoms with Crippen LogP contribution in [-0.2, 0) is 4.79 Å². The number of nitrogens with one attached hydrogen (secondary N) is 2. The summed E-state index contributed by atoms with van der Waals surface area (Å²) in [6.07, 6.45) is 0. The average molecular weight is 239 g/mol. The summed E-state index contributed by atoms with van der Waals surface area (Å²) < 4.78 is 0. The second-order valence-corrected chi connectivity index (χ2v) is 3.67. The molecular weight excluding hydrogens is 226 g/mol. The predicted octanol–water partition coefficient (Wildman–Crippen LogP) is -0.410. The number of carboxylic acid groups (broad SMARTS) is 1. The Kier molecular flexibility index (Phi) is 3.62. The molecule has 0 fully saturated rings. The van der Waals surface area contributed by atoms with Crippen molar-refractivity contribution in [1.29, 1.82) is 0 Å². The quantitative estimate of drug-likeness (QED) is 0.663. The summed E-state index contributed by atoms with van der Waals surface area (Å²) in [5, 5.41) is 16.8. The molecule has 1 rings (SSSR count). The molecule has 3 N–H and O–H groups in total. The number of nitrogens with zero attached hydrogens (tertiary/aromatic N) is 1. The van der Waals surface area contributed by atoms with Crippen LogP contribution in [0.15, 0.2) is 4.79 Å². The number of carboxylic acids is 1. The molecule has 1 amide bonds. The fourth-order valence-electron chi connectivity index (χ4n) is 1.23. The number of hydrogen-bond donors (Lipinski definition) is 3. The monoisotopic (exact) mass is 239 g/mol. The summed E-state index contributed by atoms with van der Waals surface area (Å²) in [5.41, 5.74) is 0.204. The lowest BCUT2D eigenvalue weighted by atomic mass is 10.1. The maximum atomic E-state index is 11.7. The lowest BCUT2D eigenvalue weighted by molar-refractivity contribution is -0.138. The van der Waals surface area contributed by atoms with E-state index in [2.05, 4.69) is 15.5 Å². The number of aromatic nitrogens is 2. The van der Waals surface area contributed by atoms with Gasteiger partial charge in [0.15, 0.2) is 0 Å². The number of aryl methyl sites for hydroxylation is 1. The molecule has 0 aromatic carbocycles. The van der Waals surface area contributed by atoms with Crippen molar-refractivity contribution in [2.45, 2.75) is 26.8 Å². The molecule has 92 valence electrons. The van der Waals surface area contributed by atoms with Gasteiger partial charge in [0.1, 0.15) is 11.6 Å². The Morgan fingerprint density at radius 3 is 2.53 bits per heavy atom. The molecule has 0 saturated heterocycles. The number of aliphatic carboxylic acids is 1. The Balaban J connectivity index is 3.09. The van der Waals surface area contributed by atoms with Crippen molar-refractivity contribution >= 4 is 11.9 Å². The van der Waals surface area contributed by atoms with Crippen LogP contribution in [0.2, 0.25) is 0 Å². The zero-order chi connectivity index (χ0) is 13.2. The van der Waals surface area contributed by atoms with Crippen molar-refractivity contribution in [3.8, 4) is 0 Å². The number of H-pyrrole nitrogens is 1. The highest BCUT2D eigenvalue weighted by Crippen LogP contribution is 2.04. The topological polar surface area (TPSA) is 112 Å². The van der Waals surface area contributed by atoms with Crippen LogP contribution in [0, 0.1) is 13.8 Å². The number of carbonyl (C=O) groups is 2. The Morgan fingerprint density at radius 1 is 1.41 bits per heavy atom. The molecule has 0 aliphatic heterocycles. The lowest BCUT2D eigenvalue weighted by Crippen LogP contribution is -2.41. The third kappa shape index (κ3) is 2.68. The van der Waals surface area contributed by atoms with Crippen molar-refractivity contribution in [2.75, 3.05) is 0 Å². The van der Waals surface area contributed by atoms with Gasteiger partial charge in [-0.25, -0.2) is 5.10 Å². The van der Waals surface area contributed by atoms with Gasteiger partial charge in [0, 0.05) is 0 Å². The molecule has 0 aliphatic rings. The second-order valence-electron chi connectivity index (χ2n) is 3.67. The van der Waals surface area contributed by atoms with E-state index in [0.29, 0.717) is 11.3 Å². The average Bonchev–Trinajstić information content (AvgIpc) is 2.24. The van der Waals surface area contributed by atoms with Gasteiger partial charge < -0.3 is 10.4 Å². The smallest absolute Gasteiger partial charge is 0.325 e. The van der Waals surface area contributed by atoms with Gasteiger partial charge in [-0.2, -0.15) is 5.10 Å². The largest absolute Gasteiger partial charge is 0.480 e. The van der Waals surface area contributed by atoms with Crippen molar-refractivity contribution < 1.29 is 14.7 Å². The maximum Gasteiger partial charge on any atom is 0.325 e. The van der Waals surface area contributed by atoms with Gasteiger partial charge in [-0.1, -0.05) is 0 Å². The predicted molar refractivity (Wildman–Crippen MR) is 58.9 cm³/mol. The molecule has 1 heterocycles. The zero-order valence-corrected chi connectivity index (χ0v) is 9.70. The third-order valence-electron chi connectivity index (χ3n) is 2.42. The van der Waals surface area contributed by atoms with Crippen molar-refractivity contribution in [2.24, 2.45) is 0 Å². The number of aromatic amines is 1. The van der Waals surface area contributed by atoms with Crippen LogP contribution in [0.5, 0.6) is 0 Å². The molecule has 0 saturated carbocycles. The van der Waals surface area contributed by atoms with Crippen molar-refractivity contribution in [3.63, 3.8) is 0 Å². The van der Waals surface area contributed by atoms with Crippen LogP contribution in [0.3, 0.4) is 0 Å². The van der Waals surface area contributed by atoms with E-state index in [0.717, 1.165) is 0 Å². The van der Waals surface area contributed by atoms with Gasteiger partial charge in [0.2, 0.25) is 0 Å². The van der Waals surface area contributed by atoms with Gasteiger partial charge in [-0.3, -0.25) is 14.4 Å². The Bertz CT molecular complexity index is 521. The third-order valence-corrected chi connectivity index (χ3v) is 2.42. The van der Waals surface area contributed by atoms with Crippen molar-refractivity contribution in [1.82, 2.24) is 15.5 Å². The van der Waals surface area contributed by atoms with Gasteiger partial charge in [-0.05, 0) is 26.3 Å². The summed E-state index contributed by atoms with van der Waals surface area (Å²) in [6.45, 7) is 4.54. The lowest BCUT2D eigenvalue weighted by Gasteiger charge is -2.10. The first-order chi connectivity index (χ1) is 7.84. The molecule has 0 unspecified atom stereocenters. The van der Waals surface area contributed by atoms with Crippen LogP contribution in [0.1, 0.15) is 28.5 Å². The SMILES string of the molecule is Cc1n[nH]c(=O)c(C(=O)N[C@H](C)C(=O)O)c1C. The molecule has 7 heteroatoms. The molecule has 1 aromatic heterocycles. The van der Waals surface area contributed by atoms with E-state index in [1.165, 1.54) is 6.92 Å². The molecule has 1 aromatic rings. The van der Waals surface area contributed by atoms with Gasteiger partial charge in [0.05, 0.1) is 5.69 Å². The normalized spacial score (nSPS) is 11.9.